The summed E-state index contributed by atoms with van der Waals surface area (Å²) in [6.07, 6.45) is -5.96. The Kier molecular flexibility index (Phi) is 6.08. The maximum atomic E-state index is 12.7. The van der Waals surface area contributed by atoms with Crippen LogP contribution in [0.2, 0.25) is 0 Å². The largest absolute Gasteiger partial charge is 0.471 e. The van der Waals surface area contributed by atoms with Gasteiger partial charge in [-0.3, -0.25) is 9.59 Å². The van der Waals surface area contributed by atoms with Crippen LogP contribution >= 0.6 is 22.7 Å². The summed E-state index contributed by atoms with van der Waals surface area (Å²) in [4.78, 5) is 41.5. The van der Waals surface area contributed by atoms with E-state index in [0.717, 1.165) is 23.3 Å². The summed E-state index contributed by atoms with van der Waals surface area (Å²) >= 11 is 2.45. The van der Waals surface area contributed by atoms with Crippen molar-refractivity contribution < 1.29 is 32.3 Å². The SMILES string of the molecule is COC(=O)C(CC(=O)c1sc2nc(-c3cccs3)ccc2c1N)NC(=O)C(F)(F)F. The first-order valence-electron chi connectivity index (χ1n) is 8.33. The van der Waals surface area contributed by atoms with Crippen LogP contribution in [-0.4, -0.2) is 42.0 Å². The van der Waals surface area contributed by atoms with Gasteiger partial charge in [-0.2, -0.15) is 13.2 Å². The Morgan fingerprint density at radius 2 is 2.00 bits per heavy atom. The lowest BCUT2D eigenvalue weighted by Crippen LogP contribution is -2.48. The summed E-state index contributed by atoms with van der Waals surface area (Å²) in [6.45, 7) is 0. The van der Waals surface area contributed by atoms with Gasteiger partial charge in [0.2, 0.25) is 0 Å². The summed E-state index contributed by atoms with van der Waals surface area (Å²) in [5.74, 6) is -4.25. The molecule has 158 valence electrons. The van der Waals surface area contributed by atoms with E-state index < -0.39 is 36.3 Å². The number of thiophene rings is 2. The molecule has 0 aromatic carbocycles. The van der Waals surface area contributed by atoms with Gasteiger partial charge in [-0.05, 0) is 23.6 Å². The highest BCUT2D eigenvalue weighted by Crippen LogP contribution is 2.35. The molecule has 0 spiro atoms. The number of nitrogens with two attached hydrogens (primary N) is 1. The van der Waals surface area contributed by atoms with E-state index in [1.165, 1.54) is 16.7 Å². The highest BCUT2D eigenvalue weighted by molar-refractivity contribution is 7.21. The molecule has 0 saturated heterocycles. The van der Waals surface area contributed by atoms with E-state index in [4.69, 9.17) is 5.73 Å². The van der Waals surface area contributed by atoms with Crippen molar-refractivity contribution in [3.05, 3.63) is 34.5 Å². The zero-order valence-electron chi connectivity index (χ0n) is 15.3. The molecular formula is C18H14F3N3O4S2. The molecule has 0 fully saturated rings. The molecular weight excluding hydrogens is 443 g/mol. The fourth-order valence-corrected chi connectivity index (χ4v) is 4.36. The van der Waals surface area contributed by atoms with Gasteiger partial charge in [0.25, 0.3) is 0 Å². The minimum atomic E-state index is -5.21. The molecule has 12 heteroatoms. The van der Waals surface area contributed by atoms with Gasteiger partial charge in [0, 0.05) is 11.8 Å². The number of anilines is 1. The lowest BCUT2D eigenvalue weighted by atomic mass is 10.1. The number of carbonyl (C=O) groups excluding carboxylic acids is 3. The molecule has 3 aromatic heterocycles. The summed E-state index contributed by atoms with van der Waals surface area (Å²) in [5.41, 5.74) is 6.82. The number of methoxy groups -OCH3 is 1. The highest BCUT2D eigenvalue weighted by atomic mass is 32.1. The van der Waals surface area contributed by atoms with E-state index in [1.807, 2.05) is 17.5 Å². The molecule has 1 atom stereocenters. The van der Waals surface area contributed by atoms with Gasteiger partial charge in [-0.1, -0.05) is 6.07 Å². The van der Waals surface area contributed by atoms with Crippen LogP contribution in [0.1, 0.15) is 16.1 Å². The fourth-order valence-electron chi connectivity index (χ4n) is 2.62. The van der Waals surface area contributed by atoms with Gasteiger partial charge in [0.1, 0.15) is 10.9 Å². The van der Waals surface area contributed by atoms with E-state index in [2.05, 4.69) is 9.72 Å². The van der Waals surface area contributed by atoms with Crippen LogP contribution in [0, 0.1) is 0 Å². The zero-order chi connectivity index (χ0) is 22.1. The Balaban J connectivity index is 1.88. The van der Waals surface area contributed by atoms with Crippen molar-refractivity contribution in [2.45, 2.75) is 18.6 Å². The van der Waals surface area contributed by atoms with Crippen LogP contribution in [0.3, 0.4) is 0 Å². The van der Waals surface area contributed by atoms with Crippen molar-refractivity contribution in [2.24, 2.45) is 0 Å². The van der Waals surface area contributed by atoms with Crippen molar-refractivity contribution in [2.75, 3.05) is 12.8 Å². The summed E-state index contributed by atoms with van der Waals surface area (Å²) < 4.78 is 42.0. The van der Waals surface area contributed by atoms with Crippen LogP contribution in [-0.2, 0) is 14.3 Å². The summed E-state index contributed by atoms with van der Waals surface area (Å²) in [6, 6.07) is 5.38. The number of hydrogen-bond donors (Lipinski definition) is 2. The highest BCUT2D eigenvalue weighted by Gasteiger charge is 2.41. The average Bonchev–Trinajstić information content (AvgIpc) is 3.34. The molecule has 0 aliphatic heterocycles. The molecule has 1 unspecified atom stereocenters. The number of rotatable bonds is 6. The average molecular weight is 457 g/mol. The quantitative estimate of drug-likeness (QED) is 0.434. The predicted octanol–water partition coefficient (Wildman–Crippen LogP) is 3.40. The third kappa shape index (κ3) is 4.44. The van der Waals surface area contributed by atoms with Gasteiger partial charge in [0.15, 0.2) is 5.78 Å². The fraction of sp³-hybridized carbons (Fsp3) is 0.222. The van der Waals surface area contributed by atoms with Gasteiger partial charge >= 0.3 is 18.1 Å². The molecule has 7 nitrogen and oxygen atoms in total. The topological polar surface area (TPSA) is 111 Å². The van der Waals surface area contributed by atoms with Crippen LogP contribution in [0.15, 0.2) is 29.6 Å². The monoisotopic (exact) mass is 457 g/mol. The number of esters is 1. The van der Waals surface area contributed by atoms with Crippen molar-refractivity contribution >= 4 is 56.2 Å². The third-order valence-corrected chi connectivity index (χ3v) is 6.11. The van der Waals surface area contributed by atoms with Crippen LogP contribution < -0.4 is 11.1 Å². The van der Waals surface area contributed by atoms with E-state index in [0.29, 0.717) is 15.9 Å². The molecule has 3 N–H and O–H groups in total. The number of amides is 1. The van der Waals surface area contributed by atoms with E-state index in [9.17, 15) is 27.6 Å². The van der Waals surface area contributed by atoms with E-state index >= 15 is 0 Å². The molecule has 3 heterocycles. The Morgan fingerprint density at radius 3 is 2.60 bits per heavy atom. The first-order valence-corrected chi connectivity index (χ1v) is 10.0. The maximum Gasteiger partial charge on any atom is 0.471 e. The number of ether oxygens (including phenoxy) is 1. The number of pyridine rings is 1. The van der Waals surface area contributed by atoms with Crippen molar-refractivity contribution in [3.63, 3.8) is 0 Å². The second-order valence-corrected chi connectivity index (χ2v) is 7.99. The van der Waals surface area contributed by atoms with Crippen LogP contribution in [0.5, 0.6) is 0 Å². The second-order valence-electron chi connectivity index (χ2n) is 6.05. The number of nitrogens with zero attached hydrogens (tertiary/aromatic N) is 1. The van der Waals surface area contributed by atoms with Gasteiger partial charge in [-0.15, -0.1) is 22.7 Å². The standard InChI is InChI=1S/C18H14F3N3O4S2/c1-28-16(26)10(24-17(27)18(19,20)21)7-11(25)14-13(22)8-4-5-9(23-15(8)30-14)12-3-2-6-29-12/h2-6,10H,7,22H2,1H3,(H,24,27). The van der Waals surface area contributed by atoms with Gasteiger partial charge < -0.3 is 15.8 Å². The minimum Gasteiger partial charge on any atom is -0.467 e. The number of carbonyl (C=O) groups is 3. The number of nitrogens with one attached hydrogen (secondary N) is 1. The lowest BCUT2D eigenvalue weighted by molar-refractivity contribution is -0.175. The zero-order valence-corrected chi connectivity index (χ0v) is 16.9. The van der Waals surface area contributed by atoms with Gasteiger partial charge in [-0.25, -0.2) is 9.78 Å². The number of halogens is 3. The number of hydrogen-bond acceptors (Lipinski definition) is 8. The molecule has 0 radical (unpaired) electrons. The third-order valence-electron chi connectivity index (χ3n) is 4.06. The smallest absolute Gasteiger partial charge is 0.467 e. The van der Waals surface area contributed by atoms with Crippen LogP contribution in [0.25, 0.3) is 20.8 Å². The van der Waals surface area contributed by atoms with E-state index in [-0.39, 0.29) is 10.6 Å². The number of alkyl halides is 3. The number of Topliss-reactive ketones (excluding diaryl/α,β-unsaturated/α-hetero) is 1. The lowest BCUT2D eigenvalue weighted by Gasteiger charge is -2.16. The number of fused-ring (bicyclic) bond motifs is 1. The van der Waals surface area contributed by atoms with Gasteiger partial charge in [0.05, 0.1) is 28.2 Å². The van der Waals surface area contributed by atoms with Crippen molar-refractivity contribution in [1.29, 1.82) is 0 Å². The molecule has 0 aliphatic rings. The molecule has 3 aromatic rings. The summed E-state index contributed by atoms with van der Waals surface area (Å²) in [7, 11) is 0.934. The Hall–Kier alpha value is -2.99. The summed E-state index contributed by atoms with van der Waals surface area (Å²) in [5, 5.41) is 3.88. The van der Waals surface area contributed by atoms with Crippen LogP contribution in [0.4, 0.5) is 18.9 Å². The predicted molar refractivity (Wildman–Crippen MR) is 106 cm³/mol. The molecule has 30 heavy (non-hydrogen) atoms. The number of aromatic nitrogens is 1. The molecule has 0 saturated carbocycles. The molecule has 3 rings (SSSR count). The Morgan fingerprint density at radius 1 is 1.27 bits per heavy atom. The van der Waals surface area contributed by atoms with E-state index in [1.54, 1.807) is 12.1 Å². The number of ketones is 1. The van der Waals surface area contributed by atoms with Crippen molar-refractivity contribution in [3.8, 4) is 10.6 Å². The Bertz CT molecular complexity index is 1110. The molecule has 0 bridgehead atoms. The Labute approximate surface area is 175 Å². The van der Waals surface area contributed by atoms with Crippen molar-refractivity contribution in [1.82, 2.24) is 10.3 Å². The molecule has 1 amide bonds. The maximum absolute atomic E-state index is 12.7. The normalized spacial score (nSPS) is 12.5. The number of nitrogen functional groups attached to an aromatic ring is 1. The minimum absolute atomic E-state index is 0.0380. The first kappa shape index (κ1) is 21.7. The first-order chi connectivity index (χ1) is 14.1. The second kappa shape index (κ2) is 8.40. The molecule has 0 aliphatic carbocycles.